The van der Waals surface area contributed by atoms with Crippen LogP contribution in [0.25, 0.3) is 5.52 Å². The summed E-state index contributed by atoms with van der Waals surface area (Å²) in [5.74, 6) is -0.749. The first kappa shape index (κ1) is 23.4. The number of hydrogen-bond acceptors (Lipinski definition) is 6. The summed E-state index contributed by atoms with van der Waals surface area (Å²) in [6.07, 6.45) is 2.36. The summed E-state index contributed by atoms with van der Waals surface area (Å²) in [6, 6.07) is 8.69. The van der Waals surface area contributed by atoms with E-state index in [-0.39, 0.29) is 12.5 Å². The van der Waals surface area contributed by atoms with Crippen molar-refractivity contribution in [3.05, 3.63) is 59.2 Å². The van der Waals surface area contributed by atoms with Crippen LogP contribution in [0.5, 0.6) is 0 Å². The van der Waals surface area contributed by atoms with E-state index in [0.29, 0.717) is 29.1 Å². The standard InChI is InChI=1S/C24H29N7O3/c1-5-30(24(34)25-11-8-12-29(3)4)23(33)16-13-19-21(26-15(2)28-31(19)14-16)20-17-9-6-7-10-18(17)27-22(20)32/h6-7,9-10,13-14,20H,5,8,11-12H2,1-4H3,(H,25,34)(H,27,32). The molecule has 0 aliphatic carbocycles. The van der Waals surface area contributed by atoms with Crippen molar-refractivity contribution in [2.24, 2.45) is 0 Å². The van der Waals surface area contributed by atoms with Gasteiger partial charge in [-0.2, -0.15) is 5.10 Å². The van der Waals surface area contributed by atoms with Gasteiger partial charge in [-0.3, -0.25) is 14.5 Å². The van der Waals surface area contributed by atoms with Gasteiger partial charge in [-0.25, -0.2) is 14.3 Å². The molecular formula is C24H29N7O3. The molecule has 1 unspecified atom stereocenters. The number of nitrogens with one attached hydrogen (secondary N) is 2. The molecule has 0 bridgehead atoms. The lowest BCUT2D eigenvalue weighted by molar-refractivity contribution is -0.116. The minimum Gasteiger partial charge on any atom is -0.338 e. The van der Waals surface area contributed by atoms with Crippen LogP contribution in [0.15, 0.2) is 36.5 Å². The fraction of sp³-hybridized carbons (Fsp3) is 0.375. The Balaban J connectivity index is 1.63. The van der Waals surface area contributed by atoms with Crippen molar-refractivity contribution in [3.8, 4) is 0 Å². The largest absolute Gasteiger partial charge is 0.338 e. The van der Waals surface area contributed by atoms with E-state index in [1.54, 1.807) is 30.6 Å². The molecule has 3 aromatic rings. The summed E-state index contributed by atoms with van der Waals surface area (Å²) in [6.45, 7) is 5.03. The summed E-state index contributed by atoms with van der Waals surface area (Å²) >= 11 is 0. The summed E-state index contributed by atoms with van der Waals surface area (Å²) in [7, 11) is 3.93. The maximum absolute atomic E-state index is 13.2. The Hall–Kier alpha value is -3.79. The molecule has 1 aliphatic rings. The Kier molecular flexibility index (Phi) is 6.60. The molecule has 10 heteroatoms. The molecule has 10 nitrogen and oxygen atoms in total. The molecule has 0 fully saturated rings. The molecule has 0 radical (unpaired) electrons. The Morgan fingerprint density at radius 1 is 1.24 bits per heavy atom. The van der Waals surface area contributed by atoms with Gasteiger partial charge in [0.2, 0.25) is 5.91 Å². The Labute approximate surface area is 197 Å². The lowest BCUT2D eigenvalue weighted by Gasteiger charge is -2.19. The molecule has 1 aromatic carbocycles. The summed E-state index contributed by atoms with van der Waals surface area (Å²) in [4.78, 5) is 46.5. The van der Waals surface area contributed by atoms with Crippen LogP contribution in [-0.4, -0.2) is 76.0 Å². The average molecular weight is 464 g/mol. The number of aryl methyl sites for hydroxylation is 1. The molecule has 1 atom stereocenters. The van der Waals surface area contributed by atoms with Gasteiger partial charge in [0.1, 0.15) is 11.7 Å². The number of hydrogen-bond donors (Lipinski definition) is 2. The van der Waals surface area contributed by atoms with Crippen molar-refractivity contribution in [1.29, 1.82) is 0 Å². The highest BCUT2D eigenvalue weighted by atomic mass is 16.2. The van der Waals surface area contributed by atoms with Crippen molar-refractivity contribution < 1.29 is 14.4 Å². The van der Waals surface area contributed by atoms with Crippen molar-refractivity contribution in [2.75, 3.05) is 39.0 Å². The van der Waals surface area contributed by atoms with Gasteiger partial charge in [-0.05, 0) is 58.6 Å². The van der Waals surface area contributed by atoms with Crippen LogP contribution in [0, 0.1) is 6.92 Å². The highest BCUT2D eigenvalue weighted by molar-refractivity contribution is 6.07. The number of rotatable bonds is 7. The third-order valence-corrected chi connectivity index (χ3v) is 5.77. The topological polar surface area (TPSA) is 112 Å². The van der Waals surface area contributed by atoms with E-state index in [2.05, 4.69) is 20.7 Å². The first-order valence-corrected chi connectivity index (χ1v) is 11.3. The second-order valence-electron chi connectivity index (χ2n) is 8.55. The molecule has 178 valence electrons. The zero-order chi connectivity index (χ0) is 24.4. The van der Waals surface area contributed by atoms with E-state index in [0.717, 1.165) is 24.2 Å². The molecule has 4 rings (SSSR count). The number of aromatic nitrogens is 3. The lowest BCUT2D eigenvalue weighted by atomic mass is 9.96. The van der Waals surface area contributed by atoms with Gasteiger partial charge in [0, 0.05) is 25.0 Å². The molecule has 2 aromatic heterocycles. The van der Waals surface area contributed by atoms with Crippen LogP contribution in [0.3, 0.4) is 0 Å². The van der Waals surface area contributed by atoms with E-state index in [4.69, 9.17) is 0 Å². The first-order chi connectivity index (χ1) is 16.3. The minimum atomic E-state index is -0.611. The summed E-state index contributed by atoms with van der Waals surface area (Å²) in [5.41, 5.74) is 2.95. The normalized spacial score (nSPS) is 14.9. The lowest BCUT2D eigenvalue weighted by Crippen LogP contribution is -2.44. The number of para-hydroxylation sites is 1. The van der Waals surface area contributed by atoms with E-state index in [1.165, 1.54) is 4.90 Å². The summed E-state index contributed by atoms with van der Waals surface area (Å²) in [5, 5.41) is 10.1. The Morgan fingerprint density at radius 2 is 2.00 bits per heavy atom. The van der Waals surface area contributed by atoms with Crippen molar-refractivity contribution in [2.45, 2.75) is 26.2 Å². The third kappa shape index (κ3) is 4.49. The van der Waals surface area contributed by atoms with E-state index < -0.39 is 17.9 Å². The van der Waals surface area contributed by atoms with Crippen LogP contribution >= 0.6 is 0 Å². The number of fused-ring (bicyclic) bond motifs is 2. The maximum Gasteiger partial charge on any atom is 0.324 e. The van der Waals surface area contributed by atoms with E-state index in [1.807, 2.05) is 43.3 Å². The summed E-state index contributed by atoms with van der Waals surface area (Å²) < 4.78 is 1.56. The zero-order valence-electron chi connectivity index (χ0n) is 19.8. The number of carbonyl (C=O) groups is 3. The number of amides is 4. The molecule has 0 spiro atoms. The Bertz CT molecular complexity index is 1250. The minimum absolute atomic E-state index is 0.178. The molecule has 34 heavy (non-hydrogen) atoms. The number of imide groups is 1. The molecule has 3 heterocycles. The van der Waals surface area contributed by atoms with Gasteiger partial charge in [-0.15, -0.1) is 0 Å². The van der Waals surface area contributed by atoms with Crippen molar-refractivity contribution in [1.82, 2.24) is 29.7 Å². The zero-order valence-corrected chi connectivity index (χ0v) is 19.8. The molecule has 1 aliphatic heterocycles. The number of benzene rings is 1. The van der Waals surface area contributed by atoms with Gasteiger partial charge in [0.05, 0.1) is 16.8 Å². The van der Waals surface area contributed by atoms with Crippen molar-refractivity contribution >= 4 is 29.0 Å². The highest BCUT2D eigenvalue weighted by Gasteiger charge is 2.35. The SMILES string of the molecule is CCN(C(=O)NCCCN(C)C)C(=O)c1cc2c(C3C(=O)Nc4ccccc43)nc(C)nn2c1. The van der Waals surface area contributed by atoms with Gasteiger partial charge >= 0.3 is 6.03 Å². The van der Waals surface area contributed by atoms with Crippen LogP contribution < -0.4 is 10.6 Å². The number of nitrogens with zero attached hydrogens (tertiary/aromatic N) is 5. The Morgan fingerprint density at radius 3 is 2.74 bits per heavy atom. The first-order valence-electron chi connectivity index (χ1n) is 11.3. The fourth-order valence-electron chi connectivity index (χ4n) is 4.17. The molecular weight excluding hydrogens is 434 g/mol. The molecule has 0 saturated heterocycles. The quantitative estimate of drug-likeness (QED) is 0.520. The monoisotopic (exact) mass is 463 g/mol. The maximum atomic E-state index is 13.2. The fourth-order valence-corrected chi connectivity index (χ4v) is 4.17. The molecule has 0 saturated carbocycles. The van der Waals surface area contributed by atoms with Gasteiger partial charge < -0.3 is 15.5 Å². The van der Waals surface area contributed by atoms with Crippen LogP contribution in [0.1, 0.15) is 46.7 Å². The molecule has 2 N–H and O–H groups in total. The number of carbonyl (C=O) groups excluding carboxylic acids is 3. The average Bonchev–Trinajstić information content (AvgIpc) is 3.36. The second kappa shape index (κ2) is 9.60. The number of anilines is 1. The smallest absolute Gasteiger partial charge is 0.324 e. The second-order valence-corrected chi connectivity index (χ2v) is 8.55. The van der Waals surface area contributed by atoms with E-state index >= 15 is 0 Å². The number of urea groups is 1. The van der Waals surface area contributed by atoms with E-state index in [9.17, 15) is 14.4 Å². The van der Waals surface area contributed by atoms with Gasteiger partial charge in [0.25, 0.3) is 5.91 Å². The van der Waals surface area contributed by atoms with Crippen LogP contribution in [-0.2, 0) is 4.79 Å². The predicted molar refractivity (Wildman–Crippen MR) is 128 cm³/mol. The predicted octanol–water partition coefficient (Wildman–Crippen LogP) is 2.25. The van der Waals surface area contributed by atoms with Gasteiger partial charge in [0.15, 0.2) is 0 Å². The van der Waals surface area contributed by atoms with Gasteiger partial charge in [-0.1, -0.05) is 18.2 Å². The van der Waals surface area contributed by atoms with Crippen LogP contribution in [0.4, 0.5) is 10.5 Å². The van der Waals surface area contributed by atoms with Crippen molar-refractivity contribution in [3.63, 3.8) is 0 Å². The molecule has 4 amide bonds. The third-order valence-electron chi connectivity index (χ3n) is 5.77. The van der Waals surface area contributed by atoms with Crippen LogP contribution in [0.2, 0.25) is 0 Å². The highest BCUT2D eigenvalue weighted by Crippen LogP contribution is 2.37.